The van der Waals surface area contributed by atoms with E-state index in [1.807, 2.05) is 39.0 Å². The average molecular weight is 295 g/mol. The molecule has 5 nitrogen and oxygen atoms in total. The van der Waals surface area contributed by atoms with Crippen molar-refractivity contribution in [1.29, 1.82) is 0 Å². The number of hydrogen-bond donors (Lipinski definition) is 1. The second-order valence-corrected chi connectivity index (χ2v) is 4.58. The van der Waals surface area contributed by atoms with Gasteiger partial charge in [0.25, 0.3) is 0 Å². The van der Waals surface area contributed by atoms with Crippen LogP contribution in [0, 0.1) is 0 Å². The Labute approximate surface area is 126 Å². The highest BCUT2D eigenvalue weighted by molar-refractivity contribution is 5.76. The van der Waals surface area contributed by atoms with E-state index in [2.05, 4.69) is 5.32 Å². The van der Waals surface area contributed by atoms with Gasteiger partial charge < -0.3 is 19.5 Å². The van der Waals surface area contributed by atoms with Crippen LogP contribution in [0.1, 0.15) is 38.8 Å². The van der Waals surface area contributed by atoms with Crippen molar-refractivity contribution in [3.05, 3.63) is 23.8 Å². The number of carbonyl (C=O) groups excluding carboxylic acids is 1. The lowest BCUT2D eigenvalue weighted by Gasteiger charge is -2.17. The van der Waals surface area contributed by atoms with Crippen molar-refractivity contribution < 1.29 is 19.0 Å². The van der Waals surface area contributed by atoms with Crippen molar-refractivity contribution in [2.24, 2.45) is 0 Å². The van der Waals surface area contributed by atoms with Crippen LogP contribution in [-0.2, 0) is 9.53 Å². The molecule has 1 rings (SSSR count). The zero-order chi connectivity index (χ0) is 15.7. The fourth-order valence-electron chi connectivity index (χ4n) is 1.93. The summed E-state index contributed by atoms with van der Waals surface area (Å²) in [6.07, 6.45) is 0.367. The van der Waals surface area contributed by atoms with Gasteiger partial charge in [-0.05, 0) is 38.5 Å². The molecule has 1 atom stereocenters. The summed E-state index contributed by atoms with van der Waals surface area (Å²) in [6, 6.07) is 5.59. The third-order valence-electron chi connectivity index (χ3n) is 3.04. The fourth-order valence-corrected chi connectivity index (χ4v) is 1.93. The quantitative estimate of drug-likeness (QED) is 0.712. The van der Waals surface area contributed by atoms with Gasteiger partial charge >= 0.3 is 0 Å². The summed E-state index contributed by atoms with van der Waals surface area (Å²) in [5.41, 5.74) is 0.972. The minimum absolute atomic E-state index is 0.0243. The number of amides is 1. The summed E-state index contributed by atoms with van der Waals surface area (Å²) < 4.78 is 16.0. The van der Waals surface area contributed by atoms with Gasteiger partial charge in [-0.15, -0.1) is 0 Å². The first-order chi connectivity index (χ1) is 10.1. The second-order valence-electron chi connectivity index (χ2n) is 4.58. The average Bonchev–Trinajstić information content (AvgIpc) is 2.48. The number of benzene rings is 1. The van der Waals surface area contributed by atoms with E-state index in [1.54, 1.807) is 7.11 Å². The zero-order valence-electron chi connectivity index (χ0n) is 13.3. The number of carbonyl (C=O) groups is 1. The lowest BCUT2D eigenvalue weighted by Crippen LogP contribution is -2.27. The highest BCUT2D eigenvalue weighted by Crippen LogP contribution is 2.30. The zero-order valence-corrected chi connectivity index (χ0v) is 13.3. The van der Waals surface area contributed by atoms with Crippen LogP contribution in [0.5, 0.6) is 11.5 Å². The Morgan fingerprint density at radius 1 is 1.24 bits per heavy atom. The maximum atomic E-state index is 11.8. The molecule has 0 saturated carbocycles. The largest absolute Gasteiger partial charge is 0.493 e. The third-order valence-corrected chi connectivity index (χ3v) is 3.04. The number of methoxy groups -OCH3 is 1. The molecule has 1 unspecified atom stereocenters. The number of hydrogen-bond acceptors (Lipinski definition) is 4. The molecule has 21 heavy (non-hydrogen) atoms. The molecule has 0 spiro atoms. The normalized spacial score (nSPS) is 11.8. The van der Waals surface area contributed by atoms with Gasteiger partial charge in [0.15, 0.2) is 11.5 Å². The van der Waals surface area contributed by atoms with Crippen molar-refractivity contribution in [3.63, 3.8) is 0 Å². The SMILES string of the molecule is CCOCCC(=O)NC(C)c1ccc(OCC)c(OC)c1. The highest BCUT2D eigenvalue weighted by atomic mass is 16.5. The van der Waals surface area contributed by atoms with E-state index in [1.165, 1.54) is 0 Å². The molecule has 0 bridgehead atoms. The van der Waals surface area contributed by atoms with Crippen LogP contribution in [-0.4, -0.2) is 32.8 Å². The summed E-state index contributed by atoms with van der Waals surface area (Å²) >= 11 is 0. The first-order valence-electron chi connectivity index (χ1n) is 7.30. The van der Waals surface area contributed by atoms with Gasteiger partial charge in [0.1, 0.15) is 0 Å². The Morgan fingerprint density at radius 3 is 2.62 bits per heavy atom. The molecule has 0 heterocycles. The summed E-state index contributed by atoms with van der Waals surface area (Å²) in [5, 5.41) is 2.94. The first kappa shape index (κ1) is 17.3. The van der Waals surface area contributed by atoms with Crippen LogP contribution in [0.15, 0.2) is 18.2 Å². The van der Waals surface area contributed by atoms with E-state index < -0.39 is 0 Å². The van der Waals surface area contributed by atoms with Crippen LogP contribution in [0.25, 0.3) is 0 Å². The summed E-state index contributed by atoms with van der Waals surface area (Å²) in [5.74, 6) is 1.35. The smallest absolute Gasteiger partial charge is 0.222 e. The second kappa shape index (κ2) is 9.23. The molecule has 0 aromatic heterocycles. The van der Waals surface area contributed by atoms with Gasteiger partial charge in [0.05, 0.1) is 26.4 Å². The van der Waals surface area contributed by atoms with Gasteiger partial charge in [-0.25, -0.2) is 0 Å². The van der Waals surface area contributed by atoms with Crippen molar-refractivity contribution in [3.8, 4) is 11.5 Å². The van der Waals surface area contributed by atoms with E-state index in [0.29, 0.717) is 37.7 Å². The molecule has 1 aromatic carbocycles. The van der Waals surface area contributed by atoms with E-state index in [4.69, 9.17) is 14.2 Å². The molecule has 0 saturated heterocycles. The number of ether oxygens (including phenoxy) is 3. The Morgan fingerprint density at radius 2 is 2.00 bits per heavy atom. The first-order valence-corrected chi connectivity index (χ1v) is 7.30. The van der Waals surface area contributed by atoms with E-state index in [9.17, 15) is 4.79 Å². The number of rotatable bonds is 9. The van der Waals surface area contributed by atoms with Gasteiger partial charge in [0.2, 0.25) is 5.91 Å². The molecule has 0 radical (unpaired) electrons. The predicted octanol–water partition coefficient (Wildman–Crippen LogP) is 2.70. The maximum absolute atomic E-state index is 11.8. The molecule has 1 N–H and O–H groups in total. The number of nitrogens with one attached hydrogen (secondary N) is 1. The van der Waals surface area contributed by atoms with Crippen LogP contribution in [0.2, 0.25) is 0 Å². The van der Waals surface area contributed by atoms with Crippen LogP contribution in [0.3, 0.4) is 0 Å². The summed E-state index contributed by atoms with van der Waals surface area (Å²) in [6.45, 7) is 7.43. The molecule has 0 aliphatic rings. The molecular weight excluding hydrogens is 270 g/mol. The van der Waals surface area contributed by atoms with Gasteiger partial charge in [-0.2, -0.15) is 0 Å². The topological polar surface area (TPSA) is 56.8 Å². The molecule has 0 fully saturated rings. The Bertz CT molecular complexity index is 448. The van der Waals surface area contributed by atoms with Gasteiger partial charge in [-0.3, -0.25) is 4.79 Å². The van der Waals surface area contributed by atoms with Crippen molar-refractivity contribution >= 4 is 5.91 Å². The summed E-state index contributed by atoms with van der Waals surface area (Å²) in [4.78, 5) is 11.8. The minimum atomic E-state index is -0.0938. The standard InChI is InChI=1S/C16H25NO4/c1-5-20-10-9-16(18)17-12(3)13-7-8-14(21-6-2)15(11-13)19-4/h7-8,11-12H,5-6,9-10H2,1-4H3,(H,17,18). The van der Waals surface area contributed by atoms with Gasteiger partial charge in [0, 0.05) is 13.0 Å². The molecule has 1 amide bonds. The Hall–Kier alpha value is -1.75. The van der Waals surface area contributed by atoms with Crippen molar-refractivity contribution in [2.45, 2.75) is 33.2 Å². The van der Waals surface area contributed by atoms with E-state index >= 15 is 0 Å². The van der Waals surface area contributed by atoms with E-state index in [-0.39, 0.29) is 11.9 Å². The Kier molecular flexibility index (Phi) is 7.61. The molecular formula is C16H25NO4. The Balaban J connectivity index is 2.65. The lowest BCUT2D eigenvalue weighted by atomic mass is 10.1. The lowest BCUT2D eigenvalue weighted by molar-refractivity contribution is -0.122. The van der Waals surface area contributed by atoms with Gasteiger partial charge in [-0.1, -0.05) is 6.07 Å². The molecule has 0 aliphatic heterocycles. The molecule has 118 valence electrons. The highest BCUT2D eigenvalue weighted by Gasteiger charge is 2.12. The molecule has 0 aliphatic carbocycles. The summed E-state index contributed by atoms with van der Waals surface area (Å²) in [7, 11) is 1.60. The maximum Gasteiger partial charge on any atom is 0.222 e. The monoisotopic (exact) mass is 295 g/mol. The van der Waals surface area contributed by atoms with Crippen LogP contribution < -0.4 is 14.8 Å². The van der Waals surface area contributed by atoms with Crippen LogP contribution in [0.4, 0.5) is 0 Å². The predicted molar refractivity (Wildman–Crippen MR) is 81.8 cm³/mol. The van der Waals surface area contributed by atoms with E-state index in [0.717, 1.165) is 5.56 Å². The van der Waals surface area contributed by atoms with Crippen molar-refractivity contribution in [1.82, 2.24) is 5.32 Å². The van der Waals surface area contributed by atoms with Crippen LogP contribution >= 0.6 is 0 Å². The third kappa shape index (κ3) is 5.63. The minimum Gasteiger partial charge on any atom is -0.493 e. The molecule has 5 heteroatoms. The van der Waals surface area contributed by atoms with Crippen molar-refractivity contribution in [2.75, 3.05) is 26.9 Å². The molecule has 1 aromatic rings. The fraction of sp³-hybridized carbons (Fsp3) is 0.562.